The number of H-pyrrole nitrogens is 1. The van der Waals surface area contributed by atoms with Gasteiger partial charge in [0, 0.05) is 18.1 Å². The molecule has 0 aliphatic rings. The molecule has 4 rings (SSSR count). The molecule has 0 radical (unpaired) electrons. The summed E-state index contributed by atoms with van der Waals surface area (Å²) in [5.41, 5.74) is 1.91. The van der Waals surface area contributed by atoms with Crippen molar-refractivity contribution in [1.29, 1.82) is 0 Å². The normalized spacial score (nSPS) is 12.9. The summed E-state index contributed by atoms with van der Waals surface area (Å²) in [6.07, 6.45) is 2.40. The molecule has 5 N–H and O–H groups in total. The van der Waals surface area contributed by atoms with E-state index in [4.69, 9.17) is 4.18 Å². The maximum atomic E-state index is 12.6. The van der Waals surface area contributed by atoms with Crippen LogP contribution in [0.1, 0.15) is 17.2 Å². The first-order valence-electron chi connectivity index (χ1n) is 11.3. The van der Waals surface area contributed by atoms with Crippen molar-refractivity contribution in [2.45, 2.75) is 17.4 Å². The Labute approximate surface area is 215 Å². The van der Waals surface area contributed by atoms with Crippen molar-refractivity contribution >= 4 is 36.7 Å². The third-order valence-electron chi connectivity index (χ3n) is 5.62. The SMILES string of the molecule is CS(=O)(=O)Oc1cccc2c(CCNC[C@H](O)c3ccc(O)c(NS(=O)(=O)c4ccccc4)c3)c[nH]c12. The lowest BCUT2D eigenvalue weighted by Gasteiger charge is -2.15. The number of phenols is 1. The highest BCUT2D eigenvalue weighted by Gasteiger charge is 2.18. The molecule has 0 saturated heterocycles. The van der Waals surface area contributed by atoms with Crippen molar-refractivity contribution < 1.29 is 31.2 Å². The van der Waals surface area contributed by atoms with E-state index in [0.29, 0.717) is 24.0 Å². The second-order valence-corrected chi connectivity index (χ2v) is 11.7. The second kappa shape index (κ2) is 10.8. The highest BCUT2D eigenvalue weighted by Crippen LogP contribution is 2.30. The van der Waals surface area contributed by atoms with Crippen LogP contribution in [0, 0.1) is 0 Å². The molecule has 0 aliphatic heterocycles. The minimum absolute atomic E-state index is 0.0358. The molecule has 0 unspecified atom stereocenters. The minimum Gasteiger partial charge on any atom is -0.506 e. The monoisotopic (exact) mass is 545 g/mol. The number of phenolic OH excluding ortho intramolecular Hbond substituents is 1. The zero-order valence-electron chi connectivity index (χ0n) is 19.9. The van der Waals surface area contributed by atoms with E-state index in [1.807, 2.05) is 6.07 Å². The number of hydrogen-bond donors (Lipinski definition) is 5. The molecule has 4 aromatic rings. The van der Waals surface area contributed by atoms with Gasteiger partial charge in [0.05, 0.1) is 28.5 Å². The van der Waals surface area contributed by atoms with E-state index in [1.54, 1.807) is 36.5 Å². The van der Waals surface area contributed by atoms with Crippen molar-refractivity contribution in [2.24, 2.45) is 0 Å². The summed E-state index contributed by atoms with van der Waals surface area (Å²) in [5, 5.41) is 24.8. The van der Waals surface area contributed by atoms with Gasteiger partial charge in [0.2, 0.25) is 0 Å². The lowest BCUT2D eigenvalue weighted by atomic mass is 10.1. The number of aromatic amines is 1. The predicted molar refractivity (Wildman–Crippen MR) is 141 cm³/mol. The van der Waals surface area contributed by atoms with Crippen molar-refractivity contribution in [3.05, 3.63) is 84.1 Å². The summed E-state index contributed by atoms with van der Waals surface area (Å²) in [7, 11) is -7.57. The smallest absolute Gasteiger partial charge is 0.306 e. The number of aliphatic hydroxyl groups is 1. The molecule has 0 saturated carbocycles. The number of para-hydroxylation sites is 1. The molecule has 12 heteroatoms. The number of hydrogen-bond acceptors (Lipinski definition) is 8. The average Bonchev–Trinajstić information content (AvgIpc) is 3.27. The van der Waals surface area contributed by atoms with Crippen LogP contribution in [-0.2, 0) is 26.6 Å². The Kier molecular flexibility index (Phi) is 7.73. The molecule has 3 aromatic carbocycles. The first-order chi connectivity index (χ1) is 17.5. The molecule has 1 aromatic heterocycles. The van der Waals surface area contributed by atoms with Gasteiger partial charge in [0.15, 0.2) is 5.75 Å². The van der Waals surface area contributed by atoms with Crippen LogP contribution >= 0.6 is 0 Å². The number of anilines is 1. The standard InChI is InChI=1S/C25H27N3O7S2/c1-36(31,32)35-24-9-5-8-20-18(15-27-25(20)24)12-13-26-16-23(30)17-10-11-22(29)21(14-17)28-37(33,34)19-6-3-2-4-7-19/h2-11,14-15,23,26-30H,12-13,16H2,1H3/t23-/m0/s1. The zero-order valence-corrected chi connectivity index (χ0v) is 21.5. The van der Waals surface area contributed by atoms with Gasteiger partial charge in [0.25, 0.3) is 10.0 Å². The van der Waals surface area contributed by atoms with E-state index in [1.165, 1.54) is 30.3 Å². The summed E-state index contributed by atoms with van der Waals surface area (Å²) < 4.78 is 55.6. The predicted octanol–water partition coefficient (Wildman–Crippen LogP) is 2.88. The van der Waals surface area contributed by atoms with Crippen LogP contribution in [0.2, 0.25) is 0 Å². The largest absolute Gasteiger partial charge is 0.506 e. The highest BCUT2D eigenvalue weighted by atomic mass is 32.2. The summed E-state index contributed by atoms with van der Waals surface area (Å²) >= 11 is 0. The first kappa shape index (κ1) is 26.5. The van der Waals surface area contributed by atoms with E-state index < -0.39 is 26.2 Å². The molecular weight excluding hydrogens is 518 g/mol. The summed E-state index contributed by atoms with van der Waals surface area (Å²) in [4.78, 5) is 3.10. The zero-order chi connectivity index (χ0) is 26.6. The van der Waals surface area contributed by atoms with E-state index in [2.05, 4.69) is 15.0 Å². The molecule has 37 heavy (non-hydrogen) atoms. The van der Waals surface area contributed by atoms with Crippen LogP contribution in [0.15, 0.2) is 77.8 Å². The molecule has 0 amide bonds. The second-order valence-electron chi connectivity index (χ2n) is 8.45. The van der Waals surface area contributed by atoms with Crippen molar-refractivity contribution in [3.63, 3.8) is 0 Å². The Morgan fingerprint density at radius 2 is 1.76 bits per heavy atom. The quantitative estimate of drug-likeness (QED) is 0.109. The van der Waals surface area contributed by atoms with E-state index >= 15 is 0 Å². The minimum atomic E-state index is -3.91. The van der Waals surface area contributed by atoms with Crippen molar-refractivity contribution in [2.75, 3.05) is 24.1 Å². The molecule has 1 heterocycles. The number of nitrogens with one attached hydrogen (secondary N) is 3. The molecule has 0 bridgehead atoms. The van der Waals surface area contributed by atoms with Gasteiger partial charge < -0.3 is 24.7 Å². The molecule has 0 spiro atoms. The fourth-order valence-corrected chi connectivity index (χ4v) is 5.40. The Morgan fingerprint density at radius 1 is 1.00 bits per heavy atom. The maximum Gasteiger partial charge on any atom is 0.306 e. The summed E-state index contributed by atoms with van der Waals surface area (Å²) in [6.45, 7) is 0.688. The average molecular weight is 546 g/mol. The van der Waals surface area contributed by atoms with Crippen LogP contribution in [0.4, 0.5) is 5.69 Å². The van der Waals surface area contributed by atoms with Crippen molar-refractivity contribution in [1.82, 2.24) is 10.3 Å². The van der Waals surface area contributed by atoms with Crippen LogP contribution in [0.3, 0.4) is 0 Å². The van der Waals surface area contributed by atoms with Crippen LogP contribution in [-0.4, -0.2) is 51.4 Å². The number of benzene rings is 3. The van der Waals surface area contributed by atoms with Crippen molar-refractivity contribution in [3.8, 4) is 11.5 Å². The first-order valence-corrected chi connectivity index (χ1v) is 14.6. The maximum absolute atomic E-state index is 12.6. The van der Waals surface area contributed by atoms with Gasteiger partial charge in [-0.1, -0.05) is 36.4 Å². The summed E-state index contributed by atoms with van der Waals surface area (Å²) in [6, 6.07) is 17.2. The molecule has 0 aliphatic carbocycles. The van der Waals surface area contributed by atoms with Crippen LogP contribution in [0.5, 0.6) is 11.5 Å². The highest BCUT2D eigenvalue weighted by molar-refractivity contribution is 7.92. The Balaban J connectivity index is 1.37. The number of aromatic nitrogens is 1. The van der Waals surface area contributed by atoms with E-state index in [9.17, 15) is 27.0 Å². The Hall–Kier alpha value is -3.58. The number of aliphatic hydroxyl groups excluding tert-OH is 1. The van der Waals surface area contributed by atoms with Gasteiger partial charge in [-0.25, -0.2) is 8.42 Å². The Morgan fingerprint density at radius 3 is 2.49 bits per heavy atom. The lowest BCUT2D eigenvalue weighted by molar-refractivity contribution is 0.175. The third-order valence-corrected chi connectivity index (χ3v) is 7.48. The molecule has 1 atom stereocenters. The fraction of sp³-hybridized carbons (Fsp3) is 0.200. The third kappa shape index (κ3) is 6.60. The number of fused-ring (bicyclic) bond motifs is 1. The number of rotatable bonds is 11. The van der Waals surface area contributed by atoms with Crippen LogP contribution in [0.25, 0.3) is 10.9 Å². The van der Waals surface area contributed by atoms with Gasteiger partial charge >= 0.3 is 10.1 Å². The number of aromatic hydroxyl groups is 1. The molecular formula is C25H27N3O7S2. The topological polar surface area (TPSA) is 158 Å². The van der Waals surface area contributed by atoms with Gasteiger partial charge in [-0.15, -0.1) is 0 Å². The molecule has 196 valence electrons. The van der Waals surface area contributed by atoms with Gasteiger partial charge in [-0.05, 0) is 54.4 Å². The fourth-order valence-electron chi connectivity index (χ4n) is 3.85. The lowest BCUT2D eigenvalue weighted by Crippen LogP contribution is -2.24. The molecule has 0 fully saturated rings. The van der Waals surface area contributed by atoms with E-state index in [-0.39, 0.29) is 28.6 Å². The van der Waals surface area contributed by atoms with E-state index in [0.717, 1.165) is 17.2 Å². The molecule has 10 nitrogen and oxygen atoms in total. The summed E-state index contributed by atoms with van der Waals surface area (Å²) in [5.74, 6) is -0.0392. The Bertz CT molecular complexity index is 1600. The van der Waals surface area contributed by atoms with Gasteiger partial charge in [-0.2, -0.15) is 8.42 Å². The number of sulfonamides is 1. The van der Waals surface area contributed by atoms with Gasteiger partial charge in [-0.3, -0.25) is 4.72 Å². The van der Waals surface area contributed by atoms with Crippen LogP contribution < -0.4 is 14.2 Å². The van der Waals surface area contributed by atoms with Gasteiger partial charge in [0.1, 0.15) is 5.75 Å².